The molecule has 1 unspecified atom stereocenters. The van der Waals surface area contributed by atoms with E-state index in [2.05, 4.69) is 10.6 Å². The monoisotopic (exact) mass is 336 g/mol. The smallest absolute Gasteiger partial charge is 0.338 e. The van der Waals surface area contributed by atoms with E-state index in [0.29, 0.717) is 23.0 Å². The molecule has 7 heteroatoms. The molecule has 0 saturated heterocycles. The Balaban J connectivity index is 2.27. The molecule has 6 nitrogen and oxygen atoms in total. The maximum Gasteiger partial charge on any atom is 0.338 e. The third-order valence-electron chi connectivity index (χ3n) is 3.46. The first-order valence-electron chi connectivity index (χ1n) is 7.15. The van der Waals surface area contributed by atoms with Crippen molar-refractivity contribution in [3.05, 3.63) is 41.1 Å². The van der Waals surface area contributed by atoms with Crippen LogP contribution in [0.3, 0.4) is 0 Å². The largest absolute Gasteiger partial charge is 0.497 e. The van der Waals surface area contributed by atoms with Crippen molar-refractivity contribution in [1.82, 2.24) is 10.6 Å². The molecule has 2 N–H and O–H groups in total. The van der Waals surface area contributed by atoms with Gasteiger partial charge in [0, 0.05) is 12.8 Å². The zero-order valence-corrected chi connectivity index (χ0v) is 14.2. The summed E-state index contributed by atoms with van der Waals surface area (Å²) in [5, 5.41) is 6.55. The maximum atomic E-state index is 12.4. The number of ether oxygens (including phenoxy) is 3. The Bertz CT molecular complexity index is 613. The average molecular weight is 336 g/mol. The fourth-order valence-electron chi connectivity index (χ4n) is 2.31. The van der Waals surface area contributed by atoms with Gasteiger partial charge in [-0.05, 0) is 36.8 Å². The van der Waals surface area contributed by atoms with Crippen LogP contribution in [0.25, 0.3) is 0 Å². The zero-order valence-electron chi connectivity index (χ0n) is 13.3. The molecule has 0 amide bonds. The zero-order chi connectivity index (χ0) is 16.8. The third-order valence-corrected chi connectivity index (χ3v) is 3.68. The molecule has 0 aliphatic carbocycles. The normalized spacial score (nSPS) is 17.3. The molecule has 23 heavy (non-hydrogen) atoms. The van der Waals surface area contributed by atoms with E-state index in [1.165, 1.54) is 0 Å². The number of hydrogen-bond donors (Lipinski definition) is 2. The van der Waals surface area contributed by atoms with E-state index < -0.39 is 5.97 Å². The molecule has 0 fully saturated rings. The molecule has 0 bridgehead atoms. The van der Waals surface area contributed by atoms with Gasteiger partial charge in [-0.15, -0.1) is 0 Å². The number of carbonyl (C=O) groups is 1. The standard InChI is InChI=1S/C16H20N2O4S/c1-10-13(15(19)22-9-8-20-2)14(18-16(23)17-10)11-4-6-12(21-3)7-5-11/h4-7,14H,8-9H2,1-3H3,(H2,17,18,23). The number of carbonyl (C=O) groups excluding carboxylic acids is 1. The minimum absolute atomic E-state index is 0.200. The Morgan fingerprint density at radius 3 is 2.52 bits per heavy atom. The number of allylic oxidation sites excluding steroid dienone is 1. The van der Waals surface area contributed by atoms with Gasteiger partial charge >= 0.3 is 5.97 Å². The number of esters is 1. The quantitative estimate of drug-likeness (QED) is 0.465. The van der Waals surface area contributed by atoms with Crippen molar-refractivity contribution in [1.29, 1.82) is 0 Å². The molecule has 1 aliphatic heterocycles. The second-order valence-electron chi connectivity index (χ2n) is 4.97. The van der Waals surface area contributed by atoms with Crippen LogP contribution < -0.4 is 15.4 Å². The summed E-state index contributed by atoms with van der Waals surface area (Å²) in [7, 11) is 3.16. The van der Waals surface area contributed by atoms with Crippen LogP contribution in [0, 0.1) is 0 Å². The summed E-state index contributed by atoms with van der Waals surface area (Å²) >= 11 is 5.20. The molecular formula is C16H20N2O4S. The molecule has 1 aliphatic rings. The van der Waals surface area contributed by atoms with Crippen molar-refractivity contribution in [2.24, 2.45) is 0 Å². The van der Waals surface area contributed by atoms with E-state index in [4.69, 9.17) is 26.4 Å². The first-order chi connectivity index (χ1) is 11.1. The fourth-order valence-corrected chi connectivity index (χ4v) is 2.58. The van der Waals surface area contributed by atoms with Gasteiger partial charge in [0.1, 0.15) is 12.4 Å². The number of methoxy groups -OCH3 is 2. The second-order valence-corrected chi connectivity index (χ2v) is 5.38. The van der Waals surface area contributed by atoms with Crippen molar-refractivity contribution in [3.8, 4) is 5.75 Å². The van der Waals surface area contributed by atoms with Crippen LogP contribution >= 0.6 is 12.2 Å². The molecule has 1 heterocycles. The minimum Gasteiger partial charge on any atom is -0.497 e. The Kier molecular flexibility index (Phi) is 5.95. The van der Waals surface area contributed by atoms with Gasteiger partial charge in [-0.3, -0.25) is 0 Å². The summed E-state index contributed by atoms with van der Waals surface area (Å²) in [6, 6.07) is 7.08. The Morgan fingerprint density at radius 2 is 1.91 bits per heavy atom. The lowest BCUT2D eigenvalue weighted by atomic mass is 9.95. The van der Waals surface area contributed by atoms with Crippen LogP contribution in [0.1, 0.15) is 18.5 Å². The number of thiocarbonyl (C=S) groups is 1. The molecule has 2 rings (SSSR count). The molecule has 0 saturated carbocycles. The van der Waals surface area contributed by atoms with E-state index in [1.807, 2.05) is 24.3 Å². The highest BCUT2D eigenvalue weighted by molar-refractivity contribution is 7.80. The molecule has 0 radical (unpaired) electrons. The van der Waals surface area contributed by atoms with Gasteiger partial charge in [0.05, 0.1) is 25.3 Å². The lowest BCUT2D eigenvalue weighted by molar-refractivity contribution is -0.140. The number of rotatable bonds is 6. The molecule has 0 spiro atoms. The number of hydrogen-bond acceptors (Lipinski definition) is 5. The molecule has 1 atom stereocenters. The molecule has 124 valence electrons. The van der Waals surface area contributed by atoms with Crippen molar-refractivity contribution < 1.29 is 19.0 Å². The van der Waals surface area contributed by atoms with E-state index >= 15 is 0 Å². The Labute approximate surface area is 140 Å². The predicted molar refractivity (Wildman–Crippen MR) is 90.1 cm³/mol. The van der Waals surface area contributed by atoms with Gasteiger partial charge in [-0.2, -0.15) is 0 Å². The summed E-state index contributed by atoms with van der Waals surface area (Å²) in [5.41, 5.74) is 2.07. The first kappa shape index (κ1) is 17.2. The van der Waals surface area contributed by atoms with Crippen LogP contribution in [-0.2, 0) is 14.3 Å². The van der Waals surface area contributed by atoms with Gasteiger partial charge in [0.2, 0.25) is 0 Å². The highest BCUT2D eigenvalue weighted by Gasteiger charge is 2.30. The molecule has 1 aromatic carbocycles. The van der Waals surface area contributed by atoms with Gasteiger partial charge in [-0.25, -0.2) is 4.79 Å². The summed E-state index contributed by atoms with van der Waals surface area (Å²) in [4.78, 5) is 12.4. The van der Waals surface area contributed by atoms with Crippen molar-refractivity contribution in [3.63, 3.8) is 0 Å². The highest BCUT2D eigenvalue weighted by atomic mass is 32.1. The number of benzene rings is 1. The summed E-state index contributed by atoms with van der Waals surface area (Å²) in [6.07, 6.45) is 0. The van der Waals surface area contributed by atoms with Crippen LogP contribution in [0.5, 0.6) is 5.75 Å². The van der Waals surface area contributed by atoms with Crippen LogP contribution in [0.4, 0.5) is 0 Å². The van der Waals surface area contributed by atoms with Gasteiger partial charge in [-0.1, -0.05) is 12.1 Å². The predicted octanol–water partition coefficient (Wildman–Crippen LogP) is 1.68. The van der Waals surface area contributed by atoms with Crippen LogP contribution in [0.15, 0.2) is 35.5 Å². The van der Waals surface area contributed by atoms with E-state index in [1.54, 1.807) is 21.1 Å². The van der Waals surface area contributed by atoms with Gasteiger partial charge in [0.25, 0.3) is 0 Å². The molecular weight excluding hydrogens is 316 g/mol. The Hall–Kier alpha value is -2.12. The van der Waals surface area contributed by atoms with Crippen molar-refractivity contribution >= 4 is 23.3 Å². The molecule has 0 aromatic heterocycles. The Morgan fingerprint density at radius 1 is 1.22 bits per heavy atom. The fraction of sp³-hybridized carbons (Fsp3) is 0.375. The SMILES string of the molecule is COCCOC(=O)C1=C(C)NC(=S)NC1c1ccc(OC)cc1. The highest BCUT2D eigenvalue weighted by Crippen LogP contribution is 2.28. The van der Waals surface area contributed by atoms with Gasteiger partial charge < -0.3 is 24.8 Å². The van der Waals surface area contributed by atoms with Crippen molar-refractivity contribution in [2.45, 2.75) is 13.0 Å². The van der Waals surface area contributed by atoms with E-state index in [-0.39, 0.29) is 12.6 Å². The summed E-state index contributed by atoms with van der Waals surface area (Å²) in [6.45, 7) is 2.35. The summed E-state index contributed by atoms with van der Waals surface area (Å²) < 4.78 is 15.3. The molecule has 1 aromatic rings. The van der Waals surface area contributed by atoms with E-state index in [9.17, 15) is 4.79 Å². The van der Waals surface area contributed by atoms with Gasteiger partial charge in [0.15, 0.2) is 5.11 Å². The van der Waals surface area contributed by atoms with Crippen LogP contribution in [-0.4, -0.2) is 38.5 Å². The van der Waals surface area contributed by atoms with E-state index in [0.717, 1.165) is 11.3 Å². The average Bonchev–Trinajstić information content (AvgIpc) is 2.54. The summed E-state index contributed by atoms with van der Waals surface area (Å²) in [5.74, 6) is 0.345. The minimum atomic E-state index is -0.400. The maximum absolute atomic E-state index is 12.4. The van der Waals surface area contributed by atoms with Crippen molar-refractivity contribution in [2.75, 3.05) is 27.4 Å². The number of nitrogens with one attached hydrogen (secondary N) is 2. The van der Waals surface area contributed by atoms with Crippen LogP contribution in [0.2, 0.25) is 0 Å². The lowest BCUT2D eigenvalue weighted by Crippen LogP contribution is -2.45. The second kappa shape index (κ2) is 7.94. The lowest BCUT2D eigenvalue weighted by Gasteiger charge is -2.30. The first-order valence-corrected chi connectivity index (χ1v) is 7.56. The third kappa shape index (κ3) is 4.20. The topological polar surface area (TPSA) is 68.8 Å².